The van der Waals surface area contributed by atoms with E-state index in [4.69, 9.17) is 0 Å². The summed E-state index contributed by atoms with van der Waals surface area (Å²) in [4.78, 5) is 18.3. The third-order valence-electron chi connectivity index (χ3n) is 3.13. The Morgan fingerprint density at radius 1 is 1.24 bits per heavy atom. The van der Waals surface area contributed by atoms with E-state index in [-0.39, 0.29) is 5.91 Å². The van der Waals surface area contributed by atoms with Crippen molar-refractivity contribution in [3.8, 4) is 0 Å². The Morgan fingerprint density at radius 3 is 2.81 bits per heavy atom. The fourth-order valence-electron chi connectivity index (χ4n) is 2.15. The molecule has 0 atom stereocenters. The van der Waals surface area contributed by atoms with E-state index in [1.807, 2.05) is 30.3 Å². The highest BCUT2D eigenvalue weighted by Crippen LogP contribution is 2.27. The van der Waals surface area contributed by atoms with E-state index in [0.29, 0.717) is 17.1 Å². The van der Waals surface area contributed by atoms with Gasteiger partial charge >= 0.3 is 0 Å². The van der Waals surface area contributed by atoms with Gasteiger partial charge in [-0.3, -0.25) is 14.7 Å². The van der Waals surface area contributed by atoms with Crippen molar-refractivity contribution in [2.24, 2.45) is 0 Å². The quantitative estimate of drug-likeness (QED) is 0.911. The number of rotatable bonds is 2. The van der Waals surface area contributed by atoms with Crippen molar-refractivity contribution in [1.29, 1.82) is 0 Å². The number of pyridine rings is 1. The Bertz CT molecular complexity index is 740. The number of hydrogen-bond acceptors (Lipinski definition) is 3. The molecule has 1 aliphatic heterocycles. The van der Waals surface area contributed by atoms with Crippen LogP contribution in [0.1, 0.15) is 5.56 Å². The Kier molecular flexibility index (Phi) is 3.58. The van der Waals surface area contributed by atoms with Crippen LogP contribution in [-0.4, -0.2) is 10.9 Å². The lowest BCUT2D eigenvalue weighted by atomic mass is 10.0. The molecule has 0 saturated carbocycles. The first-order valence-corrected chi connectivity index (χ1v) is 7.12. The molecule has 0 radical (unpaired) electrons. The normalized spacial score (nSPS) is 14.7. The molecular formula is C16H12BrN3O. The van der Waals surface area contributed by atoms with Crippen LogP contribution in [0.4, 0.5) is 5.69 Å². The lowest BCUT2D eigenvalue weighted by molar-refractivity contribution is -0.113. The molecule has 1 amide bonds. The van der Waals surface area contributed by atoms with E-state index in [1.54, 1.807) is 24.7 Å². The number of anilines is 1. The molecule has 1 aromatic heterocycles. The summed E-state index contributed by atoms with van der Waals surface area (Å²) in [5.74, 6) is 0.372. The van der Waals surface area contributed by atoms with Crippen molar-refractivity contribution < 1.29 is 4.79 Å². The third-order valence-corrected chi connectivity index (χ3v) is 3.62. The van der Waals surface area contributed by atoms with Gasteiger partial charge < -0.3 is 5.32 Å². The molecule has 21 heavy (non-hydrogen) atoms. The molecule has 0 fully saturated rings. The lowest BCUT2D eigenvalue weighted by Crippen LogP contribution is -2.39. The molecular weight excluding hydrogens is 330 g/mol. The van der Waals surface area contributed by atoms with Crippen LogP contribution in [0.2, 0.25) is 0 Å². The monoisotopic (exact) mass is 341 g/mol. The van der Waals surface area contributed by atoms with Crippen LogP contribution < -0.4 is 10.2 Å². The average molecular weight is 342 g/mol. The molecule has 2 aromatic rings. The Labute approximate surface area is 130 Å². The van der Waals surface area contributed by atoms with Gasteiger partial charge in [-0.15, -0.1) is 0 Å². The van der Waals surface area contributed by atoms with Gasteiger partial charge in [0.25, 0.3) is 5.91 Å². The summed E-state index contributed by atoms with van der Waals surface area (Å²) < 4.78 is 0.922. The molecule has 0 unspecified atom stereocenters. The van der Waals surface area contributed by atoms with Crippen LogP contribution in [0.25, 0.3) is 5.57 Å². The highest BCUT2D eigenvalue weighted by Gasteiger charge is 2.27. The largest absolute Gasteiger partial charge is 0.347 e. The number of carbonyl (C=O) groups is 1. The minimum atomic E-state index is -0.134. The minimum absolute atomic E-state index is 0.134. The smallest absolute Gasteiger partial charge is 0.266 e. The van der Waals surface area contributed by atoms with Gasteiger partial charge in [-0.05, 0) is 29.8 Å². The van der Waals surface area contributed by atoms with Crippen LogP contribution in [0.15, 0.2) is 71.9 Å². The number of carbonyl (C=O) groups excluding carboxylic acids is 1. The first kappa shape index (κ1) is 13.6. The second kappa shape index (κ2) is 5.54. The van der Waals surface area contributed by atoms with Crippen molar-refractivity contribution in [2.45, 2.75) is 0 Å². The van der Waals surface area contributed by atoms with Gasteiger partial charge in [-0.2, -0.15) is 0 Å². The Hall–Kier alpha value is -2.40. The molecule has 0 saturated heterocycles. The number of benzene rings is 1. The lowest BCUT2D eigenvalue weighted by Gasteiger charge is -2.29. The highest BCUT2D eigenvalue weighted by atomic mass is 79.9. The summed E-state index contributed by atoms with van der Waals surface area (Å²) in [6.07, 6.45) is 4.98. The summed E-state index contributed by atoms with van der Waals surface area (Å²) in [5, 5.41) is 3.03. The number of amides is 1. The van der Waals surface area contributed by atoms with Crippen molar-refractivity contribution in [2.75, 3.05) is 4.90 Å². The van der Waals surface area contributed by atoms with Crippen LogP contribution in [0.3, 0.4) is 0 Å². The highest BCUT2D eigenvalue weighted by molar-refractivity contribution is 9.10. The third kappa shape index (κ3) is 2.60. The zero-order valence-electron chi connectivity index (χ0n) is 11.1. The second-order valence-corrected chi connectivity index (χ2v) is 5.43. The molecule has 3 rings (SSSR count). The molecule has 1 aliphatic rings. The summed E-state index contributed by atoms with van der Waals surface area (Å²) in [7, 11) is 0. The molecule has 5 heteroatoms. The zero-order valence-corrected chi connectivity index (χ0v) is 12.7. The SMILES string of the molecule is C=C1NC=C(c2cccc(Br)c2)C(=O)N1c1cccnc1. The number of halogens is 1. The number of nitrogens with zero attached hydrogens (tertiary/aromatic N) is 2. The summed E-state index contributed by atoms with van der Waals surface area (Å²) >= 11 is 3.42. The van der Waals surface area contributed by atoms with Gasteiger partial charge in [0.05, 0.1) is 17.5 Å². The van der Waals surface area contributed by atoms with Gasteiger partial charge in [0.15, 0.2) is 0 Å². The summed E-state index contributed by atoms with van der Waals surface area (Å²) in [6, 6.07) is 11.2. The molecule has 1 aromatic carbocycles. The van der Waals surface area contributed by atoms with Gasteiger partial charge in [0.1, 0.15) is 5.82 Å². The Morgan fingerprint density at radius 2 is 2.10 bits per heavy atom. The first-order valence-electron chi connectivity index (χ1n) is 6.33. The maximum absolute atomic E-state index is 12.8. The van der Waals surface area contributed by atoms with Crippen molar-refractivity contribution in [1.82, 2.24) is 10.3 Å². The average Bonchev–Trinajstić information content (AvgIpc) is 2.48. The van der Waals surface area contributed by atoms with Gasteiger partial charge in [0.2, 0.25) is 0 Å². The predicted molar refractivity (Wildman–Crippen MR) is 86.1 cm³/mol. The van der Waals surface area contributed by atoms with Gasteiger partial charge in [-0.25, -0.2) is 0 Å². The van der Waals surface area contributed by atoms with Crippen molar-refractivity contribution >= 4 is 33.1 Å². The molecule has 0 aliphatic carbocycles. The Balaban J connectivity index is 2.02. The first-order chi connectivity index (χ1) is 10.2. The minimum Gasteiger partial charge on any atom is -0.347 e. The maximum Gasteiger partial charge on any atom is 0.266 e. The fourth-order valence-corrected chi connectivity index (χ4v) is 2.55. The van der Waals surface area contributed by atoms with Gasteiger partial charge in [-0.1, -0.05) is 34.6 Å². The molecule has 4 nitrogen and oxygen atoms in total. The topological polar surface area (TPSA) is 45.2 Å². The molecule has 1 N–H and O–H groups in total. The standard InChI is InChI=1S/C16H12BrN3O/c1-11-19-10-15(12-4-2-5-13(17)8-12)16(21)20(11)14-6-3-7-18-9-14/h2-10,19H,1H2. The van der Waals surface area contributed by atoms with Crippen molar-refractivity contribution in [3.05, 3.63) is 77.4 Å². The molecule has 104 valence electrons. The van der Waals surface area contributed by atoms with E-state index < -0.39 is 0 Å². The van der Waals surface area contributed by atoms with E-state index >= 15 is 0 Å². The molecule has 0 bridgehead atoms. The van der Waals surface area contributed by atoms with Crippen LogP contribution in [-0.2, 0) is 4.79 Å². The summed E-state index contributed by atoms with van der Waals surface area (Å²) in [5.41, 5.74) is 2.09. The van der Waals surface area contributed by atoms with Crippen molar-refractivity contribution in [3.63, 3.8) is 0 Å². The van der Waals surface area contributed by atoms with E-state index in [9.17, 15) is 4.79 Å². The maximum atomic E-state index is 12.8. The van der Waals surface area contributed by atoms with Crippen LogP contribution >= 0.6 is 15.9 Å². The molecule has 0 spiro atoms. The van der Waals surface area contributed by atoms with Crippen LogP contribution in [0.5, 0.6) is 0 Å². The predicted octanol–water partition coefficient (Wildman–Crippen LogP) is 3.29. The summed E-state index contributed by atoms with van der Waals surface area (Å²) in [6.45, 7) is 3.88. The second-order valence-electron chi connectivity index (χ2n) is 4.51. The van der Waals surface area contributed by atoms with E-state index in [0.717, 1.165) is 10.0 Å². The number of hydrogen-bond donors (Lipinski definition) is 1. The van der Waals surface area contributed by atoms with Gasteiger partial charge in [0, 0.05) is 16.9 Å². The number of aromatic nitrogens is 1. The molecule has 2 heterocycles. The van der Waals surface area contributed by atoms with E-state index in [2.05, 4.69) is 32.8 Å². The zero-order chi connectivity index (χ0) is 14.8. The fraction of sp³-hybridized carbons (Fsp3) is 0. The number of nitrogens with one attached hydrogen (secondary N) is 1. The van der Waals surface area contributed by atoms with E-state index in [1.165, 1.54) is 4.90 Å². The van der Waals surface area contributed by atoms with Crippen LogP contribution in [0, 0.1) is 0 Å².